The molecular weight excluding hydrogens is 164 g/mol. The normalized spacial score (nSPS) is 17.5. The zero-order valence-corrected chi connectivity index (χ0v) is 9.05. The van der Waals surface area contributed by atoms with Crippen molar-refractivity contribution in [1.82, 2.24) is 5.32 Å². The molecule has 0 aliphatic rings. The van der Waals surface area contributed by atoms with E-state index in [1.54, 1.807) is 0 Å². The van der Waals surface area contributed by atoms with Crippen LogP contribution in [-0.4, -0.2) is 24.8 Å². The van der Waals surface area contributed by atoms with Crippen molar-refractivity contribution in [3.8, 4) is 6.07 Å². The van der Waals surface area contributed by atoms with Crippen LogP contribution in [0.15, 0.2) is 0 Å². The molecule has 0 saturated carbocycles. The number of rotatable bonds is 6. The second-order valence-corrected chi connectivity index (χ2v) is 3.44. The van der Waals surface area contributed by atoms with Gasteiger partial charge in [-0.05, 0) is 27.3 Å². The van der Waals surface area contributed by atoms with Gasteiger partial charge in [-0.2, -0.15) is 5.26 Å². The van der Waals surface area contributed by atoms with E-state index in [2.05, 4.69) is 11.4 Å². The highest BCUT2D eigenvalue weighted by molar-refractivity contribution is 5.04. The number of hydrogen-bond donors (Lipinski definition) is 1. The van der Waals surface area contributed by atoms with Crippen molar-refractivity contribution in [1.29, 1.82) is 5.26 Å². The largest absolute Gasteiger partial charge is 0.379 e. The molecule has 2 atom stereocenters. The first-order valence-corrected chi connectivity index (χ1v) is 4.85. The van der Waals surface area contributed by atoms with Crippen LogP contribution in [0.4, 0.5) is 0 Å². The van der Waals surface area contributed by atoms with Gasteiger partial charge >= 0.3 is 0 Å². The van der Waals surface area contributed by atoms with Crippen molar-refractivity contribution >= 4 is 0 Å². The molecule has 3 nitrogen and oxygen atoms in total. The smallest absolute Gasteiger partial charge is 0.106 e. The van der Waals surface area contributed by atoms with E-state index >= 15 is 0 Å². The molecule has 3 heteroatoms. The zero-order valence-electron chi connectivity index (χ0n) is 9.05. The van der Waals surface area contributed by atoms with Crippen LogP contribution >= 0.6 is 0 Å². The molecule has 0 saturated heterocycles. The Morgan fingerprint density at radius 2 is 2.15 bits per heavy atom. The predicted octanol–water partition coefficient (Wildman–Crippen LogP) is 1.69. The molecule has 1 N–H and O–H groups in total. The Balaban J connectivity index is 4.04. The molecule has 76 valence electrons. The maximum Gasteiger partial charge on any atom is 0.106 e. The fourth-order valence-corrected chi connectivity index (χ4v) is 1.47. The van der Waals surface area contributed by atoms with E-state index in [1.165, 1.54) is 0 Å². The summed E-state index contributed by atoms with van der Waals surface area (Å²) in [5, 5.41) is 12.1. The first-order chi connectivity index (χ1) is 6.08. The SMILES string of the molecule is CCNC(C)(C#N)CC(C)OCC. The first-order valence-electron chi connectivity index (χ1n) is 4.85. The lowest BCUT2D eigenvalue weighted by atomic mass is 9.96. The van der Waals surface area contributed by atoms with Gasteiger partial charge < -0.3 is 4.74 Å². The van der Waals surface area contributed by atoms with Crippen molar-refractivity contribution in [3.63, 3.8) is 0 Å². The molecule has 0 fully saturated rings. The summed E-state index contributed by atoms with van der Waals surface area (Å²) in [5.41, 5.74) is -0.455. The highest BCUT2D eigenvalue weighted by atomic mass is 16.5. The molecule has 2 unspecified atom stereocenters. The van der Waals surface area contributed by atoms with E-state index in [1.807, 2.05) is 27.7 Å². The zero-order chi connectivity index (χ0) is 10.3. The fourth-order valence-electron chi connectivity index (χ4n) is 1.47. The van der Waals surface area contributed by atoms with Crippen LogP contribution in [0, 0.1) is 11.3 Å². The number of nitriles is 1. The van der Waals surface area contributed by atoms with Gasteiger partial charge in [-0.15, -0.1) is 0 Å². The van der Waals surface area contributed by atoms with E-state index in [0.29, 0.717) is 6.61 Å². The third kappa shape index (κ3) is 4.87. The van der Waals surface area contributed by atoms with Crippen molar-refractivity contribution in [3.05, 3.63) is 0 Å². The third-order valence-corrected chi connectivity index (χ3v) is 1.96. The van der Waals surface area contributed by atoms with E-state index in [-0.39, 0.29) is 6.10 Å². The van der Waals surface area contributed by atoms with Gasteiger partial charge in [-0.1, -0.05) is 6.92 Å². The molecule has 0 aromatic heterocycles. The summed E-state index contributed by atoms with van der Waals surface area (Å²) in [4.78, 5) is 0. The van der Waals surface area contributed by atoms with Crippen LogP contribution in [0.1, 0.15) is 34.1 Å². The average molecular weight is 184 g/mol. The van der Waals surface area contributed by atoms with Crippen LogP contribution in [0.2, 0.25) is 0 Å². The molecule has 0 spiro atoms. The Bertz CT molecular complexity index is 176. The fraction of sp³-hybridized carbons (Fsp3) is 0.900. The molecule has 0 heterocycles. The van der Waals surface area contributed by atoms with Crippen molar-refractivity contribution in [2.75, 3.05) is 13.2 Å². The molecule has 0 rings (SSSR count). The molecule has 0 aromatic rings. The lowest BCUT2D eigenvalue weighted by molar-refractivity contribution is 0.0569. The van der Waals surface area contributed by atoms with Crippen molar-refractivity contribution in [2.45, 2.75) is 45.8 Å². The Labute approximate surface area is 81.1 Å². The minimum absolute atomic E-state index is 0.133. The maximum absolute atomic E-state index is 8.97. The molecular formula is C10H20N2O. The number of ether oxygens (including phenoxy) is 1. The van der Waals surface area contributed by atoms with Crippen LogP contribution in [0.3, 0.4) is 0 Å². The van der Waals surface area contributed by atoms with Gasteiger partial charge in [0.05, 0.1) is 12.2 Å². The summed E-state index contributed by atoms with van der Waals surface area (Å²) in [5.74, 6) is 0. The molecule has 0 radical (unpaired) electrons. The van der Waals surface area contributed by atoms with Crippen LogP contribution in [0.25, 0.3) is 0 Å². The minimum atomic E-state index is -0.455. The molecule has 0 amide bonds. The summed E-state index contributed by atoms with van der Waals surface area (Å²) in [7, 11) is 0. The van der Waals surface area contributed by atoms with Crippen LogP contribution in [0.5, 0.6) is 0 Å². The highest BCUT2D eigenvalue weighted by Crippen LogP contribution is 2.13. The minimum Gasteiger partial charge on any atom is -0.379 e. The van der Waals surface area contributed by atoms with E-state index in [0.717, 1.165) is 13.0 Å². The molecule has 0 aromatic carbocycles. The Morgan fingerprint density at radius 1 is 1.54 bits per heavy atom. The number of hydrogen-bond acceptors (Lipinski definition) is 3. The molecule has 13 heavy (non-hydrogen) atoms. The van der Waals surface area contributed by atoms with Gasteiger partial charge in [0.15, 0.2) is 0 Å². The first kappa shape index (κ1) is 12.4. The quantitative estimate of drug-likeness (QED) is 0.683. The van der Waals surface area contributed by atoms with Crippen LogP contribution < -0.4 is 5.32 Å². The monoisotopic (exact) mass is 184 g/mol. The summed E-state index contributed by atoms with van der Waals surface area (Å²) in [6, 6.07) is 2.28. The Morgan fingerprint density at radius 3 is 2.54 bits per heavy atom. The number of nitrogens with one attached hydrogen (secondary N) is 1. The maximum atomic E-state index is 8.97. The van der Waals surface area contributed by atoms with Gasteiger partial charge in [-0.3, -0.25) is 5.32 Å². The second-order valence-electron chi connectivity index (χ2n) is 3.44. The summed E-state index contributed by atoms with van der Waals surface area (Å²) >= 11 is 0. The van der Waals surface area contributed by atoms with Gasteiger partial charge in [0.1, 0.15) is 5.54 Å². The predicted molar refractivity (Wildman–Crippen MR) is 53.4 cm³/mol. The van der Waals surface area contributed by atoms with Gasteiger partial charge in [0.2, 0.25) is 0 Å². The van der Waals surface area contributed by atoms with Gasteiger partial charge in [-0.25, -0.2) is 0 Å². The summed E-state index contributed by atoms with van der Waals surface area (Å²) in [6.07, 6.45) is 0.860. The Hall–Kier alpha value is -0.590. The molecule has 0 aliphatic carbocycles. The van der Waals surface area contributed by atoms with Gasteiger partial charge in [0.25, 0.3) is 0 Å². The number of nitrogens with zero attached hydrogens (tertiary/aromatic N) is 1. The average Bonchev–Trinajstić information content (AvgIpc) is 2.05. The second kappa shape index (κ2) is 5.95. The topological polar surface area (TPSA) is 45.0 Å². The lowest BCUT2D eigenvalue weighted by Crippen LogP contribution is -2.43. The summed E-state index contributed by atoms with van der Waals surface area (Å²) in [6.45, 7) is 9.38. The third-order valence-electron chi connectivity index (χ3n) is 1.96. The van der Waals surface area contributed by atoms with Crippen molar-refractivity contribution < 1.29 is 4.74 Å². The molecule has 0 bridgehead atoms. The lowest BCUT2D eigenvalue weighted by Gasteiger charge is -2.25. The molecule has 0 aliphatic heterocycles. The summed E-state index contributed by atoms with van der Waals surface area (Å²) < 4.78 is 5.39. The van der Waals surface area contributed by atoms with Crippen LogP contribution in [-0.2, 0) is 4.74 Å². The highest BCUT2D eigenvalue weighted by Gasteiger charge is 2.25. The van der Waals surface area contributed by atoms with E-state index in [9.17, 15) is 0 Å². The van der Waals surface area contributed by atoms with E-state index in [4.69, 9.17) is 10.00 Å². The van der Waals surface area contributed by atoms with E-state index < -0.39 is 5.54 Å². The standard InChI is InChI=1S/C10H20N2O/c1-5-12-10(4,8-11)7-9(3)13-6-2/h9,12H,5-7H2,1-4H3. The van der Waals surface area contributed by atoms with Crippen molar-refractivity contribution in [2.24, 2.45) is 0 Å². The Kier molecular flexibility index (Phi) is 5.68. The van der Waals surface area contributed by atoms with Gasteiger partial charge in [0, 0.05) is 13.0 Å².